The van der Waals surface area contributed by atoms with Crippen molar-refractivity contribution in [3.05, 3.63) is 0 Å². The molecule has 58 valence electrons. The van der Waals surface area contributed by atoms with Gasteiger partial charge in [-0.05, 0) is 0 Å². The van der Waals surface area contributed by atoms with Crippen LogP contribution in [0.5, 0.6) is 0 Å². The van der Waals surface area contributed by atoms with Crippen molar-refractivity contribution in [3.63, 3.8) is 0 Å². The van der Waals surface area contributed by atoms with Gasteiger partial charge in [-0.15, -0.1) is 0 Å². The fraction of sp³-hybridized carbons (Fsp3) is 0. The zero-order chi connectivity index (χ0) is 4.50. The van der Waals surface area contributed by atoms with Crippen molar-refractivity contribution in [2.24, 2.45) is 0 Å². The average molecular weight is 162 g/mol. The molecule has 0 saturated carbocycles. The molecular formula is H8ClLiO7. The zero-order valence-electron chi connectivity index (χ0n) is 3.55. The minimum atomic E-state index is -4.69. The van der Waals surface area contributed by atoms with Gasteiger partial charge in [0.15, 0.2) is 0 Å². The van der Waals surface area contributed by atoms with Gasteiger partial charge in [-0.3, -0.25) is 0 Å². The van der Waals surface area contributed by atoms with Crippen molar-refractivity contribution >= 4 is 18.9 Å². The van der Waals surface area contributed by atoms with E-state index >= 15 is 0 Å². The molecule has 0 unspecified atom stereocenters. The molecule has 0 atom stereocenters. The molecule has 0 aliphatic rings. The summed E-state index contributed by atoms with van der Waals surface area (Å²) in [5, 5.41) is 0. The van der Waals surface area contributed by atoms with Crippen LogP contribution in [0.3, 0.4) is 0 Å². The molecule has 0 bridgehead atoms. The molecule has 0 radical (unpaired) electrons. The molecule has 0 aliphatic heterocycles. The van der Waals surface area contributed by atoms with E-state index in [-0.39, 0.29) is 35.3 Å². The van der Waals surface area contributed by atoms with E-state index in [2.05, 4.69) is 0 Å². The smallest absolute Gasteiger partial charge is 0.0777 e. The van der Waals surface area contributed by atoms with Gasteiger partial charge in [0.05, 0.1) is 14.9 Å². The SMILES string of the molecule is O.O.O.[LiH].[O-][Cl+3]([O-])([O-])O. The van der Waals surface area contributed by atoms with E-state index in [1.165, 1.54) is 0 Å². The van der Waals surface area contributed by atoms with Crippen molar-refractivity contribution in [1.29, 1.82) is 0 Å². The summed E-state index contributed by atoms with van der Waals surface area (Å²) in [5.41, 5.74) is 0. The van der Waals surface area contributed by atoms with E-state index in [9.17, 15) is 0 Å². The number of halogens is 1. The largest absolute Gasteiger partial charge is 0.183 e. The van der Waals surface area contributed by atoms with E-state index in [1.54, 1.807) is 0 Å². The van der Waals surface area contributed by atoms with Gasteiger partial charge < -0.3 is 16.4 Å². The number of hydrogen-bond acceptors (Lipinski definition) is 4. The molecule has 0 aliphatic carbocycles. The Bertz CT molecular complexity index is 24.4. The molecule has 0 aromatic heterocycles. The summed E-state index contributed by atoms with van der Waals surface area (Å²) in [5.74, 6) is 0. The molecule has 0 aromatic carbocycles. The predicted molar refractivity (Wildman–Crippen MR) is 20.2 cm³/mol. The summed E-state index contributed by atoms with van der Waals surface area (Å²) in [4.78, 5) is 0. The van der Waals surface area contributed by atoms with Crippen LogP contribution in [0.1, 0.15) is 0 Å². The van der Waals surface area contributed by atoms with Gasteiger partial charge in [-0.2, -0.15) is 14.0 Å². The first-order valence-electron chi connectivity index (χ1n) is 0.632. The van der Waals surface area contributed by atoms with E-state index < -0.39 is 10.2 Å². The van der Waals surface area contributed by atoms with Crippen LogP contribution in [0.2, 0.25) is 0 Å². The summed E-state index contributed by atoms with van der Waals surface area (Å²) >= 11 is 0. The molecule has 0 fully saturated rings. The second kappa shape index (κ2) is 11.4. The molecule has 0 heterocycles. The molecule has 9 heteroatoms. The van der Waals surface area contributed by atoms with Crippen LogP contribution in [0.4, 0.5) is 0 Å². The van der Waals surface area contributed by atoms with Crippen LogP contribution in [0.25, 0.3) is 0 Å². The van der Waals surface area contributed by atoms with Crippen LogP contribution < -0.4 is 14.0 Å². The van der Waals surface area contributed by atoms with Gasteiger partial charge in [-0.1, -0.05) is 0 Å². The van der Waals surface area contributed by atoms with Crippen LogP contribution in [-0.2, 0) is 0 Å². The maximum atomic E-state index is 8.60. The minimum Gasteiger partial charge on any atom is -0.183 e. The summed E-state index contributed by atoms with van der Waals surface area (Å²) in [6.07, 6.45) is 0. The quantitative estimate of drug-likeness (QED) is 0.347. The van der Waals surface area contributed by atoms with Gasteiger partial charge in [0, 0.05) is 0 Å². The molecule has 9 heavy (non-hydrogen) atoms. The molecular weight excluding hydrogens is 154 g/mol. The Morgan fingerprint density at radius 1 is 0.889 bits per heavy atom. The third kappa shape index (κ3) is 1020. The second-order valence-electron chi connectivity index (χ2n) is 0.396. The Labute approximate surface area is 64.8 Å². The maximum absolute atomic E-state index is 8.60. The third-order valence-electron chi connectivity index (χ3n) is 0. The monoisotopic (exact) mass is 162 g/mol. The van der Waals surface area contributed by atoms with E-state index in [0.717, 1.165) is 0 Å². The summed E-state index contributed by atoms with van der Waals surface area (Å²) in [6, 6.07) is 0. The van der Waals surface area contributed by atoms with Gasteiger partial charge in [0.1, 0.15) is 0 Å². The van der Waals surface area contributed by atoms with Gasteiger partial charge in [0.2, 0.25) is 0 Å². The number of rotatable bonds is 0. The first-order chi connectivity index (χ1) is 2.00. The average Bonchev–Trinajstić information content (AvgIpc) is 0.722. The summed E-state index contributed by atoms with van der Waals surface area (Å²) in [7, 11) is -4.69. The van der Waals surface area contributed by atoms with Crippen LogP contribution in [0, 0.1) is 10.2 Å². The zero-order valence-corrected chi connectivity index (χ0v) is 4.31. The Balaban J connectivity index is -0.0000000133. The Hall–Kier alpha value is 0.607. The van der Waals surface area contributed by atoms with Crippen LogP contribution >= 0.6 is 0 Å². The fourth-order valence-corrected chi connectivity index (χ4v) is 0. The predicted octanol–water partition coefficient (Wildman–Crippen LogP) is -7.25. The minimum absolute atomic E-state index is 0. The first kappa shape index (κ1) is 33.5. The maximum Gasteiger partial charge on any atom is 0.0777 e. The van der Waals surface area contributed by atoms with Crippen molar-refractivity contribution in [2.45, 2.75) is 0 Å². The van der Waals surface area contributed by atoms with Crippen molar-refractivity contribution in [1.82, 2.24) is 0 Å². The van der Waals surface area contributed by atoms with Crippen LogP contribution in [0.15, 0.2) is 0 Å². The topological polar surface area (TPSA) is 184 Å². The molecule has 0 rings (SSSR count). The molecule has 0 amide bonds. The van der Waals surface area contributed by atoms with Gasteiger partial charge in [-0.25, -0.2) is 0 Å². The second-order valence-corrected chi connectivity index (χ2v) is 1.19. The summed E-state index contributed by atoms with van der Waals surface area (Å²) < 4.78 is 32.7. The normalized spacial score (nSPS) is 6.67. The van der Waals surface area contributed by atoms with Gasteiger partial charge in [0.25, 0.3) is 0 Å². The fourth-order valence-electron chi connectivity index (χ4n) is 0. The Morgan fingerprint density at radius 2 is 0.889 bits per heavy atom. The first-order valence-corrected chi connectivity index (χ1v) is 1.90. The van der Waals surface area contributed by atoms with E-state index in [0.29, 0.717) is 0 Å². The molecule has 7 N–H and O–H groups in total. The summed E-state index contributed by atoms with van der Waals surface area (Å²) in [6.45, 7) is 0. The number of hydrogen-bond donors (Lipinski definition) is 1. The molecule has 0 spiro atoms. The van der Waals surface area contributed by atoms with Crippen molar-refractivity contribution < 1.29 is 45.3 Å². The van der Waals surface area contributed by atoms with E-state index in [4.69, 9.17) is 18.6 Å². The van der Waals surface area contributed by atoms with E-state index in [1.807, 2.05) is 0 Å². The molecule has 0 saturated heterocycles. The Kier molecular flexibility index (Phi) is 42.5. The Morgan fingerprint density at radius 3 is 0.889 bits per heavy atom. The van der Waals surface area contributed by atoms with Crippen LogP contribution in [-0.4, -0.2) is 39.9 Å². The third-order valence-corrected chi connectivity index (χ3v) is 0. The van der Waals surface area contributed by atoms with Crippen molar-refractivity contribution in [3.8, 4) is 0 Å². The molecule has 7 nitrogen and oxygen atoms in total. The standard InChI is InChI=1S/ClHO4.Li.3H2O.H/c2-1(3,4)5;;;;;/h(H,2,3,4,5);;3*1H2;. The van der Waals surface area contributed by atoms with Gasteiger partial charge >= 0.3 is 18.9 Å². The molecule has 0 aromatic rings. The van der Waals surface area contributed by atoms with Crippen molar-refractivity contribution in [2.75, 3.05) is 0 Å².